The Morgan fingerprint density at radius 1 is 0.966 bits per heavy atom. The summed E-state index contributed by atoms with van der Waals surface area (Å²) in [6.07, 6.45) is 4.78. The Morgan fingerprint density at radius 2 is 1.74 bits per heavy atom. The van der Waals surface area contributed by atoms with Crippen molar-refractivity contribution < 1.29 is 19.1 Å². The number of carbonyl (C=O) groups excluding carboxylic acids is 2. The molecule has 15 nitrogen and oxygen atoms in total. The van der Waals surface area contributed by atoms with Gasteiger partial charge in [0.1, 0.15) is 22.8 Å². The number of hydrogen-bond acceptors (Lipinski definition) is 12. The molecule has 0 radical (unpaired) electrons. The van der Waals surface area contributed by atoms with Crippen molar-refractivity contribution in [2.75, 3.05) is 66.2 Å². The molecular formula is C42H48FN11O4. The number of aliphatic hydroxyl groups is 1. The molecule has 302 valence electrons. The number of nitrogens with zero attached hydrogens (tertiary/aromatic N) is 8. The second kappa shape index (κ2) is 16.0. The zero-order chi connectivity index (χ0) is 40.6. The first-order chi connectivity index (χ1) is 27.9. The number of halogens is 1. The van der Waals surface area contributed by atoms with Gasteiger partial charge in [-0.05, 0) is 87.2 Å². The number of piperidine rings is 1. The van der Waals surface area contributed by atoms with Crippen LogP contribution in [0, 0.1) is 11.7 Å². The number of aromatic nitrogens is 5. The van der Waals surface area contributed by atoms with Gasteiger partial charge in [-0.3, -0.25) is 24.6 Å². The van der Waals surface area contributed by atoms with Gasteiger partial charge in [0.05, 0.1) is 17.9 Å². The minimum absolute atomic E-state index is 0.230. The summed E-state index contributed by atoms with van der Waals surface area (Å²) < 4.78 is 18.4. The minimum atomic E-state index is -1.18. The van der Waals surface area contributed by atoms with E-state index in [1.807, 2.05) is 12.1 Å². The van der Waals surface area contributed by atoms with E-state index in [2.05, 4.69) is 59.3 Å². The second-order valence-corrected chi connectivity index (χ2v) is 15.7. The molecule has 0 spiro atoms. The molecular weight excluding hydrogens is 742 g/mol. The number of pyridine rings is 1. The van der Waals surface area contributed by atoms with E-state index in [0.717, 1.165) is 63.6 Å². The predicted molar refractivity (Wildman–Crippen MR) is 221 cm³/mol. The first kappa shape index (κ1) is 38.7. The highest BCUT2D eigenvalue weighted by atomic mass is 19.1. The van der Waals surface area contributed by atoms with E-state index >= 15 is 4.39 Å². The lowest BCUT2D eigenvalue weighted by Crippen LogP contribution is -2.48. The Labute approximate surface area is 335 Å². The smallest absolute Gasteiger partial charge is 0.278 e. The van der Waals surface area contributed by atoms with Crippen molar-refractivity contribution in [1.82, 2.24) is 34.5 Å². The molecule has 2 atom stereocenters. The molecule has 0 saturated carbocycles. The molecule has 0 bridgehead atoms. The molecule has 58 heavy (non-hydrogen) atoms. The van der Waals surface area contributed by atoms with E-state index in [1.54, 1.807) is 54.9 Å². The van der Waals surface area contributed by atoms with Crippen molar-refractivity contribution in [3.63, 3.8) is 0 Å². The topological polar surface area (TPSA) is 166 Å². The number of benzene rings is 2. The quantitative estimate of drug-likeness (QED) is 0.106. The van der Waals surface area contributed by atoms with E-state index in [-0.39, 0.29) is 36.2 Å². The van der Waals surface area contributed by atoms with Gasteiger partial charge in [-0.15, -0.1) is 6.58 Å². The maximum atomic E-state index is 15.3. The molecule has 3 aliphatic heterocycles. The van der Waals surface area contributed by atoms with Gasteiger partial charge in [0, 0.05) is 75.5 Å². The Kier molecular flexibility index (Phi) is 10.7. The SMILES string of the molecule is C=CCn1c(=O)c2cnc(Nc3ccc(N4CCN(C[C@@H]5CCN(c6ccc(NC7CCC(=O)NC7=O)cc6F)C5)CC4)cc3)nc2n1-c1cccc(C(C)(C)O)n1. The van der Waals surface area contributed by atoms with Crippen LogP contribution in [0.1, 0.15) is 38.8 Å². The Balaban J connectivity index is 0.858. The van der Waals surface area contributed by atoms with Gasteiger partial charge < -0.3 is 25.5 Å². The molecule has 3 saturated heterocycles. The first-order valence-electron chi connectivity index (χ1n) is 19.7. The van der Waals surface area contributed by atoms with Gasteiger partial charge in [-0.1, -0.05) is 12.1 Å². The molecule has 2 aromatic carbocycles. The lowest BCUT2D eigenvalue weighted by molar-refractivity contribution is -0.133. The van der Waals surface area contributed by atoms with Crippen LogP contribution in [-0.2, 0) is 21.7 Å². The van der Waals surface area contributed by atoms with Gasteiger partial charge in [0.2, 0.25) is 17.8 Å². The standard InChI is InChI=1S/C42H48FN11O4/c1-4-17-53-40(57)31-24-44-41(49-38(31)54(53)36-7-5-6-35(47-36)42(2,3)58)46-28-8-11-30(12-9-28)51-21-19-50(20-22-51)25-27-16-18-52(26-27)34-14-10-29(23-32(34)43)45-33-13-15-37(55)48-39(33)56/h4-12,14,23-24,27,33,45,58H,1,13,15-22,25-26H2,2-3H3,(H,44,46,49)(H,48,55,56)/t27-,33?/m0/s1. The van der Waals surface area contributed by atoms with Crippen LogP contribution in [0.5, 0.6) is 0 Å². The van der Waals surface area contributed by atoms with Gasteiger partial charge in [0.15, 0.2) is 11.5 Å². The third kappa shape index (κ3) is 8.15. The average Bonchev–Trinajstić information content (AvgIpc) is 3.77. The van der Waals surface area contributed by atoms with Gasteiger partial charge in [-0.25, -0.2) is 23.7 Å². The van der Waals surface area contributed by atoms with E-state index in [0.29, 0.717) is 52.2 Å². The molecule has 3 aliphatic rings. The molecule has 16 heteroatoms. The highest BCUT2D eigenvalue weighted by Crippen LogP contribution is 2.30. The average molecular weight is 790 g/mol. The van der Waals surface area contributed by atoms with Crippen LogP contribution in [0.25, 0.3) is 16.9 Å². The van der Waals surface area contributed by atoms with Crippen LogP contribution in [0.15, 0.2) is 84.3 Å². The molecule has 1 unspecified atom stereocenters. The fraction of sp³-hybridized carbons (Fsp3) is 0.381. The van der Waals surface area contributed by atoms with Crippen LogP contribution in [-0.4, -0.2) is 98.0 Å². The van der Waals surface area contributed by atoms with Gasteiger partial charge in [-0.2, -0.15) is 4.98 Å². The monoisotopic (exact) mass is 789 g/mol. The van der Waals surface area contributed by atoms with Crippen molar-refractivity contribution in [3.05, 3.63) is 101 Å². The second-order valence-electron chi connectivity index (χ2n) is 15.7. The van der Waals surface area contributed by atoms with Crippen molar-refractivity contribution >= 4 is 51.5 Å². The summed E-state index contributed by atoms with van der Waals surface area (Å²) >= 11 is 0. The van der Waals surface area contributed by atoms with E-state index in [4.69, 9.17) is 4.98 Å². The molecule has 8 rings (SSSR count). The number of carbonyl (C=O) groups is 2. The summed E-state index contributed by atoms with van der Waals surface area (Å²) in [7, 11) is 0. The summed E-state index contributed by atoms with van der Waals surface area (Å²) in [6.45, 7) is 13.5. The molecule has 3 fully saturated rings. The molecule has 6 heterocycles. The third-order valence-electron chi connectivity index (χ3n) is 11.1. The summed E-state index contributed by atoms with van der Waals surface area (Å²) in [5, 5.41) is 19.6. The number of allylic oxidation sites excluding steroid dienone is 1. The van der Waals surface area contributed by atoms with Crippen molar-refractivity contribution in [2.45, 2.75) is 51.3 Å². The van der Waals surface area contributed by atoms with E-state index < -0.39 is 11.6 Å². The lowest BCUT2D eigenvalue weighted by Gasteiger charge is -2.37. The Hall–Kier alpha value is -6.13. The van der Waals surface area contributed by atoms with E-state index in [1.165, 1.54) is 16.9 Å². The fourth-order valence-electron chi connectivity index (χ4n) is 8.02. The minimum Gasteiger partial charge on any atom is -0.384 e. The van der Waals surface area contributed by atoms with Crippen LogP contribution >= 0.6 is 0 Å². The molecule has 5 aromatic rings. The van der Waals surface area contributed by atoms with E-state index in [9.17, 15) is 19.5 Å². The summed E-state index contributed by atoms with van der Waals surface area (Å²) in [5.74, 6) is 0.208. The summed E-state index contributed by atoms with van der Waals surface area (Å²) in [5.41, 5.74) is 2.40. The number of anilines is 5. The maximum absolute atomic E-state index is 15.3. The summed E-state index contributed by atoms with van der Waals surface area (Å²) in [4.78, 5) is 57.8. The third-order valence-corrected chi connectivity index (χ3v) is 11.1. The Bertz CT molecular complexity index is 2400. The zero-order valence-corrected chi connectivity index (χ0v) is 32.7. The van der Waals surface area contributed by atoms with Crippen LogP contribution < -0.4 is 31.3 Å². The predicted octanol–water partition coefficient (Wildman–Crippen LogP) is 4.14. The molecule has 3 aromatic heterocycles. The maximum Gasteiger partial charge on any atom is 0.278 e. The lowest BCUT2D eigenvalue weighted by atomic mass is 10.1. The van der Waals surface area contributed by atoms with Crippen molar-refractivity contribution in [1.29, 1.82) is 0 Å². The highest BCUT2D eigenvalue weighted by Gasteiger charge is 2.30. The fourth-order valence-corrected chi connectivity index (χ4v) is 8.02. The van der Waals surface area contributed by atoms with Crippen molar-refractivity contribution in [3.8, 4) is 5.82 Å². The Morgan fingerprint density at radius 3 is 2.47 bits per heavy atom. The molecule has 4 N–H and O–H groups in total. The number of imide groups is 1. The number of nitrogens with one attached hydrogen (secondary N) is 3. The highest BCUT2D eigenvalue weighted by molar-refractivity contribution is 6.01. The normalized spacial score (nSPS) is 19.1. The summed E-state index contributed by atoms with van der Waals surface area (Å²) in [6, 6.07) is 17.9. The first-order valence-corrected chi connectivity index (χ1v) is 19.7. The molecule has 0 aliphatic carbocycles. The van der Waals surface area contributed by atoms with Gasteiger partial charge >= 0.3 is 0 Å². The van der Waals surface area contributed by atoms with Crippen LogP contribution in [0.3, 0.4) is 0 Å². The number of piperazine rings is 1. The number of rotatable bonds is 12. The van der Waals surface area contributed by atoms with Crippen molar-refractivity contribution in [2.24, 2.45) is 5.92 Å². The number of amides is 2. The van der Waals surface area contributed by atoms with Gasteiger partial charge in [0.25, 0.3) is 5.56 Å². The van der Waals surface area contributed by atoms with Crippen LogP contribution in [0.4, 0.5) is 33.1 Å². The largest absolute Gasteiger partial charge is 0.384 e. The number of fused-ring (bicyclic) bond motifs is 1. The number of hydrogen-bond donors (Lipinski definition) is 4. The van der Waals surface area contributed by atoms with Crippen LogP contribution in [0.2, 0.25) is 0 Å². The molecule has 2 amide bonds. The zero-order valence-electron chi connectivity index (χ0n) is 32.7.